The lowest BCUT2D eigenvalue weighted by Crippen LogP contribution is -2.39. The van der Waals surface area contributed by atoms with Crippen LogP contribution in [0.4, 0.5) is 0 Å². The molecule has 0 N–H and O–H groups in total. The summed E-state index contributed by atoms with van der Waals surface area (Å²) in [5, 5.41) is 3.42. The predicted molar refractivity (Wildman–Crippen MR) is 86.9 cm³/mol. The summed E-state index contributed by atoms with van der Waals surface area (Å²) >= 11 is 7.39. The van der Waals surface area contributed by atoms with Crippen molar-refractivity contribution in [2.45, 2.75) is 19.8 Å². The highest BCUT2D eigenvalue weighted by molar-refractivity contribution is 7.13. The smallest absolute Gasteiger partial charge is 0.273 e. The van der Waals surface area contributed by atoms with Crippen LogP contribution in [0.5, 0.6) is 0 Å². The molecule has 0 spiro atoms. The highest BCUT2D eigenvalue weighted by Gasteiger charge is 2.23. The van der Waals surface area contributed by atoms with Crippen LogP contribution in [-0.4, -0.2) is 28.9 Å². The monoisotopic (exact) mass is 320 g/mol. The van der Waals surface area contributed by atoms with E-state index in [1.807, 2.05) is 34.5 Å². The first kappa shape index (κ1) is 14.5. The molecule has 1 fully saturated rings. The van der Waals surface area contributed by atoms with E-state index in [9.17, 15) is 4.79 Å². The molecule has 3 rings (SSSR count). The van der Waals surface area contributed by atoms with Crippen molar-refractivity contribution < 1.29 is 4.79 Å². The average molecular weight is 321 g/mol. The molecule has 1 aliphatic rings. The molecule has 2 heterocycles. The Balaban J connectivity index is 1.78. The second-order valence-corrected chi connectivity index (χ2v) is 6.84. The maximum atomic E-state index is 12.5. The van der Waals surface area contributed by atoms with Crippen LogP contribution >= 0.6 is 22.9 Å². The van der Waals surface area contributed by atoms with Crippen molar-refractivity contribution in [1.82, 2.24) is 9.88 Å². The lowest BCUT2D eigenvalue weighted by atomic mass is 10.0. The molecule has 21 heavy (non-hydrogen) atoms. The summed E-state index contributed by atoms with van der Waals surface area (Å²) in [5.74, 6) is 0.634. The number of aromatic nitrogens is 1. The van der Waals surface area contributed by atoms with Crippen LogP contribution < -0.4 is 0 Å². The average Bonchev–Trinajstić information content (AvgIpc) is 2.97. The van der Waals surface area contributed by atoms with Gasteiger partial charge in [0.15, 0.2) is 0 Å². The molecule has 1 unspecified atom stereocenters. The molecule has 110 valence electrons. The van der Waals surface area contributed by atoms with Crippen molar-refractivity contribution >= 4 is 28.8 Å². The Kier molecular flexibility index (Phi) is 4.27. The lowest BCUT2D eigenvalue weighted by molar-refractivity contribution is 0.0678. The molecule has 5 heteroatoms. The van der Waals surface area contributed by atoms with Gasteiger partial charge in [-0.15, -0.1) is 11.3 Å². The molecule has 1 saturated heterocycles. The van der Waals surface area contributed by atoms with E-state index in [1.165, 1.54) is 17.8 Å². The van der Waals surface area contributed by atoms with Crippen LogP contribution in [0.2, 0.25) is 5.02 Å². The van der Waals surface area contributed by atoms with Crippen molar-refractivity contribution in [3.63, 3.8) is 0 Å². The number of likely N-dealkylation sites (tertiary alicyclic amines) is 1. The van der Waals surface area contributed by atoms with Gasteiger partial charge in [-0.3, -0.25) is 4.79 Å². The second-order valence-electron chi connectivity index (χ2n) is 5.54. The van der Waals surface area contributed by atoms with Gasteiger partial charge in [0, 0.05) is 29.1 Å². The number of halogens is 1. The molecule has 1 aromatic heterocycles. The molecule has 0 saturated carbocycles. The van der Waals surface area contributed by atoms with Crippen LogP contribution in [0, 0.1) is 5.92 Å². The summed E-state index contributed by atoms with van der Waals surface area (Å²) in [6, 6.07) is 7.54. The first-order valence-corrected chi connectivity index (χ1v) is 8.40. The zero-order valence-corrected chi connectivity index (χ0v) is 13.5. The molecular formula is C16H17ClN2OS. The largest absolute Gasteiger partial charge is 0.337 e. The van der Waals surface area contributed by atoms with Crippen LogP contribution in [0.25, 0.3) is 10.6 Å². The number of thiazole rings is 1. The zero-order valence-electron chi connectivity index (χ0n) is 11.9. The third-order valence-electron chi connectivity index (χ3n) is 3.76. The third-order valence-corrected chi connectivity index (χ3v) is 4.90. The number of amides is 1. The van der Waals surface area contributed by atoms with E-state index in [0.717, 1.165) is 30.1 Å². The molecule has 0 bridgehead atoms. The number of piperidine rings is 1. The third kappa shape index (κ3) is 3.27. The van der Waals surface area contributed by atoms with Gasteiger partial charge in [-0.25, -0.2) is 4.98 Å². The summed E-state index contributed by atoms with van der Waals surface area (Å²) in [7, 11) is 0. The molecule has 1 atom stereocenters. The van der Waals surface area contributed by atoms with Crippen LogP contribution in [0.15, 0.2) is 29.6 Å². The van der Waals surface area contributed by atoms with Crippen molar-refractivity contribution in [1.29, 1.82) is 0 Å². The van der Waals surface area contributed by atoms with Crippen molar-refractivity contribution in [3.05, 3.63) is 40.4 Å². The van der Waals surface area contributed by atoms with Gasteiger partial charge < -0.3 is 4.90 Å². The van der Waals surface area contributed by atoms with Crippen molar-refractivity contribution in [3.8, 4) is 10.6 Å². The fourth-order valence-corrected chi connectivity index (χ4v) is 3.56. The molecule has 1 aromatic carbocycles. The van der Waals surface area contributed by atoms with E-state index in [4.69, 9.17) is 11.6 Å². The Bertz CT molecular complexity index is 638. The van der Waals surface area contributed by atoms with E-state index in [1.54, 1.807) is 0 Å². The van der Waals surface area contributed by atoms with E-state index >= 15 is 0 Å². The zero-order chi connectivity index (χ0) is 14.8. The van der Waals surface area contributed by atoms with Gasteiger partial charge in [0.05, 0.1) is 0 Å². The topological polar surface area (TPSA) is 33.2 Å². The first-order chi connectivity index (χ1) is 10.1. The van der Waals surface area contributed by atoms with Gasteiger partial charge in [-0.05, 0) is 30.9 Å². The number of benzene rings is 1. The Labute approximate surface area is 133 Å². The number of hydrogen-bond donors (Lipinski definition) is 0. The number of carbonyl (C=O) groups excluding carboxylic acids is 1. The van der Waals surface area contributed by atoms with Gasteiger partial charge in [0.25, 0.3) is 5.91 Å². The maximum Gasteiger partial charge on any atom is 0.273 e. The quantitative estimate of drug-likeness (QED) is 0.825. The maximum absolute atomic E-state index is 12.5. The minimum Gasteiger partial charge on any atom is -0.337 e. The highest BCUT2D eigenvalue weighted by Crippen LogP contribution is 2.26. The van der Waals surface area contributed by atoms with E-state index in [0.29, 0.717) is 16.6 Å². The fraction of sp³-hybridized carbons (Fsp3) is 0.375. The van der Waals surface area contributed by atoms with Gasteiger partial charge in [-0.2, -0.15) is 0 Å². The summed E-state index contributed by atoms with van der Waals surface area (Å²) in [6.45, 7) is 3.88. The van der Waals surface area contributed by atoms with E-state index in [2.05, 4.69) is 11.9 Å². The summed E-state index contributed by atoms with van der Waals surface area (Å²) < 4.78 is 0. The molecule has 2 aromatic rings. The highest BCUT2D eigenvalue weighted by atomic mass is 35.5. The Morgan fingerprint density at radius 2 is 2.14 bits per heavy atom. The number of hydrogen-bond acceptors (Lipinski definition) is 3. The Morgan fingerprint density at radius 3 is 2.86 bits per heavy atom. The molecular weight excluding hydrogens is 304 g/mol. The molecule has 0 radical (unpaired) electrons. The van der Waals surface area contributed by atoms with Crippen molar-refractivity contribution in [2.75, 3.05) is 13.1 Å². The normalized spacial score (nSPS) is 18.8. The molecule has 1 amide bonds. The number of carbonyl (C=O) groups is 1. The first-order valence-electron chi connectivity index (χ1n) is 7.14. The van der Waals surface area contributed by atoms with Crippen LogP contribution in [-0.2, 0) is 0 Å². The SMILES string of the molecule is CC1CCCN(C(=O)c2csc(-c3ccc(Cl)cc3)n2)C1. The van der Waals surface area contributed by atoms with E-state index < -0.39 is 0 Å². The Morgan fingerprint density at radius 1 is 1.38 bits per heavy atom. The predicted octanol–water partition coefficient (Wildman–Crippen LogP) is 4.34. The standard InChI is InChI=1S/C16H17ClN2OS/c1-11-3-2-8-19(9-11)16(20)14-10-21-15(18-14)12-4-6-13(17)7-5-12/h4-7,10-11H,2-3,8-9H2,1H3. The van der Waals surface area contributed by atoms with E-state index in [-0.39, 0.29) is 5.91 Å². The minimum absolute atomic E-state index is 0.0537. The molecule has 1 aliphatic heterocycles. The molecule has 0 aliphatic carbocycles. The summed E-state index contributed by atoms with van der Waals surface area (Å²) in [6.07, 6.45) is 2.29. The number of nitrogens with zero attached hydrogens (tertiary/aromatic N) is 2. The summed E-state index contributed by atoms with van der Waals surface area (Å²) in [5.41, 5.74) is 1.55. The fourth-order valence-electron chi connectivity index (χ4n) is 2.63. The van der Waals surface area contributed by atoms with Gasteiger partial charge >= 0.3 is 0 Å². The minimum atomic E-state index is 0.0537. The Hall–Kier alpha value is -1.39. The molecule has 3 nitrogen and oxygen atoms in total. The lowest BCUT2D eigenvalue weighted by Gasteiger charge is -2.30. The van der Waals surface area contributed by atoms with Gasteiger partial charge in [-0.1, -0.05) is 30.7 Å². The number of rotatable bonds is 2. The van der Waals surface area contributed by atoms with Crippen LogP contribution in [0.1, 0.15) is 30.3 Å². The van der Waals surface area contributed by atoms with Crippen LogP contribution in [0.3, 0.4) is 0 Å². The second kappa shape index (κ2) is 6.16. The van der Waals surface area contributed by atoms with Gasteiger partial charge in [0.2, 0.25) is 0 Å². The van der Waals surface area contributed by atoms with Gasteiger partial charge in [0.1, 0.15) is 10.7 Å². The summed E-state index contributed by atoms with van der Waals surface area (Å²) in [4.78, 5) is 18.9. The van der Waals surface area contributed by atoms with Crippen molar-refractivity contribution in [2.24, 2.45) is 5.92 Å².